The number of benzene rings is 2. The molecule has 0 radical (unpaired) electrons. The molecule has 0 aliphatic heterocycles. The summed E-state index contributed by atoms with van der Waals surface area (Å²) in [5.74, 6) is -1.67. The lowest BCUT2D eigenvalue weighted by Crippen LogP contribution is -2.29. The third-order valence-corrected chi connectivity index (χ3v) is 4.16. The zero-order valence-corrected chi connectivity index (χ0v) is 15.1. The van der Waals surface area contributed by atoms with Crippen molar-refractivity contribution >= 4 is 17.5 Å². The minimum absolute atomic E-state index is 0.0804. The van der Waals surface area contributed by atoms with Crippen molar-refractivity contribution in [2.75, 3.05) is 0 Å². The molecule has 3 aromatic rings. The first-order valence-corrected chi connectivity index (χ1v) is 8.40. The molecular formula is C18H13ClF4N4O. The molecule has 1 atom stereocenters. The van der Waals surface area contributed by atoms with Gasteiger partial charge in [-0.2, -0.15) is 13.2 Å². The Hall–Kier alpha value is -2.94. The van der Waals surface area contributed by atoms with E-state index in [1.54, 1.807) is 31.2 Å². The first-order valence-electron chi connectivity index (χ1n) is 8.02. The van der Waals surface area contributed by atoms with E-state index >= 15 is 0 Å². The number of rotatable bonds is 4. The SMILES string of the molecule is CC(NC(=O)c1nnn(-c2ccc(F)cc2)c1C(F)(F)F)c1cccc(Cl)c1. The van der Waals surface area contributed by atoms with Crippen LogP contribution in [0.2, 0.25) is 5.02 Å². The topological polar surface area (TPSA) is 59.8 Å². The number of nitrogens with one attached hydrogen (secondary N) is 1. The van der Waals surface area contributed by atoms with Crippen molar-refractivity contribution in [3.05, 3.63) is 76.3 Å². The van der Waals surface area contributed by atoms with Crippen LogP contribution in [0.15, 0.2) is 48.5 Å². The van der Waals surface area contributed by atoms with E-state index in [1.165, 1.54) is 0 Å². The van der Waals surface area contributed by atoms with E-state index in [4.69, 9.17) is 11.6 Å². The fourth-order valence-corrected chi connectivity index (χ4v) is 2.78. The van der Waals surface area contributed by atoms with E-state index in [2.05, 4.69) is 15.6 Å². The summed E-state index contributed by atoms with van der Waals surface area (Å²) in [5, 5.41) is 9.73. The van der Waals surface area contributed by atoms with Crippen molar-refractivity contribution in [2.24, 2.45) is 0 Å². The lowest BCUT2D eigenvalue weighted by atomic mass is 10.1. The molecule has 0 spiro atoms. The molecule has 1 N–H and O–H groups in total. The molecule has 1 amide bonds. The quantitative estimate of drug-likeness (QED) is 0.639. The number of nitrogens with zero attached hydrogens (tertiary/aromatic N) is 3. The van der Waals surface area contributed by atoms with E-state index in [9.17, 15) is 22.4 Å². The summed E-state index contributed by atoms with van der Waals surface area (Å²) in [5.41, 5.74) is -1.70. The molecule has 0 fully saturated rings. The van der Waals surface area contributed by atoms with Crippen LogP contribution in [0, 0.1) is 5.82 Å². The van der Waals surface area contributed by atoms with Gasteiger partial charge in [-0.1, -0.05) is 28.9 Å². The number of carbonyl (C=O) groups is 1. The molecule has 0 saturated heterocycles. The highest BCUT2D eigenvalue weighted by Crippen LogP contribution is 2.33. The van der Waals surface area contributed by atoms with E-state index in [0.717, 1.165) is 24.3 Å². The first-order chi connectivity index (χ1) is 13.2. The zero-order chi connectivity index (χ0) is 20.5. The molecule has 0 aliphatic carbocycles. The number of alkyl halides is 3. The summed E-state index contributed by atoms with van der Waals surface area (Å²) in [6, 6.07) is 10.1. The molecule has 1 unspecified atom stereocenters. The van der Waals surface area contributed by atoms with Gasteiger partial charge in [0, 0.05) is 5.02 Å². The van der Waals surface area contributed by atoms with Gasteiger partial charge in [-0.15, -0.1) is 5.10 Å². The molecule has 1 aromatic heterocycles. The molecule has 10 heteroatoms. The van der Waals surface area contributed by atoms with Gasteiger partial charge in [-0.3, -0.25) is 4.79 Å². The predicted octanol–water partition coefficient (Wildman–Crippen LogP) is 4.57. The summed E-state index contributed by atoms with van der Waals surface area (Å²) in [7, 11) is 0. The molecular weight excluding hydrogens is 400 g/mol. The monoisotopic (exact) mass is 412 g/mol. The van der Waals surface area contributed by atoms with E-state index in [1.807, 2.05) is 0 Å². The minimum atomic E-state index is -4.91. The molecule has 0 saturated carbocycles. The van der Waals surface area contributed by atoms with Crippen LogP contribution in [0.4, 0.5) is 17.6 Å². The Labute approximate surface area is 161 Å². The van der Waals surface area contributed by atoms with Gasteiger partial charge in [-0.05, 0) is 48.9 Å². The van der Waals surface area contributed by atoms with Gasteiger partial charge in [0.25, 0.3) is 5.91 Å². The highest BCUT2D eigenvalue weighted by molar-refractivity contribution is 6.30. The van der Waals surface area contributed by atoms with Crippen LogP contribution in [-0.2, 0) is 6.18 Å². The molecule has 5 nitrogen and oxygen atoms in total. The van der Waals surface area contributed by atoms with Crippen molar-refractivity contribution in [1.82, 2.24) is 20.3 Å². The van der Waals surface area contributed by atoms with E-state index in [-0.39, 0.29) is 5.69 Å². The smallest absolute Gasteiger partial charge is 0.344 e. The van der Waals surface area contributed by atoms with Crippen molar-refractivity contribution in [3.63, 3.8) is 0 Å². The number of halogens is 5. The van der Waals surface area contributed by atoms with Crippen LogP contribution >= 0.6 is 11.6 Å². The Morgan fingerprint density at radius 3 is 2.46 bits per heavy atom. The molecule has 28 heavy (non-hydrogen) atoms. The van der Waals surface area contributed by atoms with Gasteiger partial charge >= 0.3 is 6.18 Å². The summed E-state index contributed by atoms with van der Waals surface area (Å²) in [6.45, 7) is 1.60. The maximum absolute atomic E-state index is 13.6. The van der Waals surface area contributed by atoms with E-state index in [0.29, 0.717) is 15.3 Å². The van der Waals surface area contributed by atoms with Gasteiger partial charge in [0.05, 0.1) is 11.7 Å². The van der Waals surface area contributed by atoms with Crippen LogP contribution in [0.25, 0.3) is 5.69 Å². The van der Waals surface area contributed by atoms with Crippen molar-refractivity contribution in [3.8, 4) is 5.69 Å². The maximum Gasteiger partial charge on any atom is 0.435 e. The Bertz CT molecular complexity index is 1000. The van der Waals surface area contributed by atoms with Gasteiger partial charge in [0.15, 0.2) is 11.4 Å². The minimum Gasteiger partial charge on any atom is -0.344 e. The Morgan fingerprint density at radius 2 is 1.86 bits per heavy atom. The second kappa shape index (κ2) is 7.59. The Balaban J connectivity index is 1.95. The fraction of sp³-hybridized carbons (Fsp3) is 0.167. The largest absolute Gasteiger partial charge is 0.435 e. The molecule has 0 aliphatic rings. The van der Waals surface area contributed by atoms with Crippen LogP contribution in [-0.4, -0.2) is 20.9 Å². The van der Waals surface area contributed by atoms with Crippen molar-refractivity contribution < 1.29 is 22.4 Å². The zero-order valence-electron chi connectivity index (χ0n) is 14.3. The van der Waals surface area contributed by atoms with Crippen LogP contribution in [0.1, 0.15) is 34.7 Å². The summed E-state index contributed by atoms with van der Waals surface area (Å²) >= 11 is 5.90. The predicted molar refractivity (Wildman–Crippen MR) is 93.7 cm³/mol. The average Bonchev–Trinajstić information content (AvgIpc) is 3.08. The van der Waals surface area contributed by atoms with Gasteiger partial charge in [0.2, 0.25) is 0 Å². The number of hydrogen-bond acceptors (Lipinski definition) is 3. The third-order valence-electron chi connectivity index (χ3n) is 3.92. The maximum atomic E-state index is 13.6. The third kappa shape index (κ3) is 4.14. The lowest BCUT2D eigenvalue weighted by molar-refractivity contribution is -0.143. The number of amides is 1. The lowest BCUT2D eigenvalue weighted by Gasteiger charge is -2.15. The van der Waals surface area contributed by atoms with Crippen molar-refractivity contribution in [2.45, 2.75) is 19.1 Å². The first kappa shape index (κ1) is 19.8. The number of hydrogen-bond donors (Lipinski definition) is 1. The molecule has 3 rings (SSSR count). The van der Waals surface area contributed by atoms with Gasteiger partial charge in [-0.25, -0.2) is 9.07 Å². The van der Waals surface area contributed by atoms with Gasteiger partial charge < -0.3 is 5.32 Å². The highest BCUT2D eigenvalue weighted by Gasteiger charge is 2.42. The van der Waals surface area contributed by atoms with Crippen LogP contribution in [0.3, 0.4) is 0 Å². The number of aromatic nitrogens is 3. The second-order valence-electron chi connectivity index (χ2n) is 5.92. The average molecular weight is 413 g/mol. The van der Waals surface area contributed by atoms with E-state index < -0.39 is 35.3 Å². The van der Waals surface area contributed by atoms with Crippen LogP contribution in [0.5, 0.6) is 0 Å². The summed E-state index contributed by atoms with van der Waals surface area (Å²) in [6.07, 6.45) is -4.91. The number of carbonyl (C=O) groups excluding carboxylic acids is 1. The highest BCUT2D eigenvalue weighted by atomic mass is 35.5. The summed E-state index contributed by atoms with van der Waals surface area (Å²) < 4.78 is 54.3. The normalized spacial score (nSPS) is 12.6. The molecule has 146 valence electrons. The van der Waals surface area contributed by atoms with Gasteiger partial charge in [0.1, 0.15) is 5.82 Å². The van der Waals surface area contributed by atoms with Crippen molar-refractivity contribution in [1.29, 1.82) is 0 Å². The second-order valence-corrected chi connectivity index (χ2v) is 6.36. The Kier molecular flexibility index (Phi) is 5.37. The molecule has 2 aromatic carbocycles. The molecule has 1 heterocycles. The standard InChI is InChI=1S/C18H13ClF4N4O/c1-10(11-3-2-4-12(19)9-11)24-17(28)15-16(18(21,22)23)27(26-25-15)14-7-5-13(20)6-8-14/h2-10H,1H3,(H,24,28). The van der Waals surface area contributed by atoms with Crippen LogP contribution < -0.4 is 5.32 Å². The summed E-state index contributed by atoms with van der Waals surface area (Å²) in [4.78, 5) is 12.5. The fourth-order valence-electron chi connectivity index (χ4n) is 2.58. The molecule has 0 bridgehead atoms. The Morgan fingerprint density at radius 1 is 1.18 bits per heavy atom.